The van der Waals surface area contributed by atoms with Gasteiger partial charge in [-0.1, -0.05) is 6.07 Å². The van der Waals surface area contributed by atoms with E-state index in [1.807, 2.05) is 13.8 Å². The highest BCUT2D eigenvalue weighted by Crippen LogP contribution is 2.36. The predicted octanol–water partition coefficient (Wildman–Crippen LogP) is 3.78. The molecule has 0 spiro atoms. The number of anilines is 1. The van der Waals surface area contributed by atoms with E-state index < -0.39 is 13.5 Å². The normalized spacial score (nSPS) is 11.3. The molecule has 1 aromatic heterocycles. The lowest BCUT2D eigenvalue weighted by Crippen LogP contribution is -2.16. The number of thiazole rings is 1. The number of benzene rings is 2. The fourth-order valence-corrected chi connectivity index (χ4v) is 3.51. The van der Waals surface area contributed by atoms with Gasteiger partial charge in [0.05, 0.1) is 11.4 Å². The molecule has 0 saturated heterocycles. The van der Waals surface area contributed by atoms with Crippen LogP contribution < -0.4 is 20.1 Å². The van der Waals surface area contributed by atoms with E-state index in [1.165, 1.54) is 35.6 Å². The highest BCUT2D eigenvalue weighted by Gasteiger charge is 2.22. The van der Waals surface area contributed by atoms with E-state index in [-0.39, 0.29) is 22.7 Å². The molecule has 29 heavy (non-hydrogen) atoms. The van der Waals surface area contributed by atoms with Crippen LogP contribution in [-0.4, -0.2) is 26.8 Å². The van der Waals surface area contributed by atoms with Crippen molar-refractivity contribution in [2.75, 3.05) is 5.32 Å². The summed E-state index contributed by atoms with van der Waals surface area (Å²) in [6.45, 7) is 3.69. The first-order chi connectivity index (χ1) is 13.7. The zero-order chi connectivity index (χ0) is 21.0. The van der Waals surface area contributed by atoms with Crippen molar-refractivity contribution >= 4 is 35.3 Å². The van der Waals surface area contributed by atoms with Gasteiger partial charge < -0.3 is 19.3 Å². The van der Waals surface area contributed by atoms with E-state index in [2.05, 4.69) is 10.3 Å². The van der Waals surface area contributed by atoms with Gasteiger partial charge in [0.2, 0.25) is 0 Å². The molecule has 0 radical (unpaired) electrons. The van der Waals surface area contributed by atoms with Crippen molar-refractivity contribution in [2.45, 2.75) is 20.0 Å². The minimum atomic E-state index is -4.35. The summed E-state index contributed by atoms with van der Waals surface area (Å²) in [5.41, 5.74) is 0.190. The molecule has 3 aromatic rings. The van der Waals surface area contributed by atoms with Gasteiger partial charge in [0.25, 0.3) is 5.91 Å². The lowest BCUT2D eigenvalue weighted by atomic mass is 10.1. The summed E-state index contributed by atoms with van der Waals surface area (Å²) in [6, 6.07) is 10.4. The first kappa shape index (κ1) is 21.0. The van der Waals surface area contributed by atoms with Gasteiger partial charge in [-0.05, 0) is 50.2 Å². The fourth-order valence-electron chi connectivity index (χ4n) is 2.45. The van der Waals surface area contributed by atoms with Crippen LogP contribution in [0.15, 0.2) is 54.0 Å². The number of rotatable bonds is 7. The average molecular weight is 434 g/mol. The van der Waals surface area contributed by atoms with Crippen LogP contribution in [0.3, 0.4) is 0 Å². The van der Waals surface area contributed by atoms with Crippen LogP contribution in [0.1, 0.15) is 24.2 Å². The van der Waals surface area contributed by atoms with Gasteiger partial charge in [-0.3, -0.25) is 14.7 Å². The van der Waals surface area contributed by atoms with E-state index >= 15 is 0 Å². The second-order valence-electron chi connectivity index (χ2n) is 6.23. The third-order valence-electron chi connectivity index (χ3n) is 3.63. The Labute approximate surface area is 171 Å². The van der Waals surface area contributed by atoms with Crippen LogP contribution in [0.4, 0.5) is 5.13 Å². The van der Waals surface area contributed by atoms with Crippen LogP contribution >= 0.6 is 18.9 Å². The van der Waals surface area contributed by atoms with Crippen LogP contribution in [0.25, 0.3) is 0 Å². The molecule has 0 atom stereocenters. The molecule has 10 heteroatoms. The van der Waals surface area contributed by atoms with Crippen molar-refractivity contribution in [3.05, 3.63) is 59.6 Å². The van der Waals surface area contributed by atoms with Gasteiger partial charge in [0, 0.05) is 11.6 Å². The SMILES string of the molecule is CC(C)Oc1cccc(Oc2ccc(P(=O)(O)O)cc2)c1C(=O)Nc1nccs1. The number of ether oxygens (including phenoxy) is 2. The molecule has 0 aliphatic rings. The van der Waals surface area contributed by atoms with E-state index in [1.54, 1.807) is 29.8 Å². The smallest absolute Gasteiger partial charge is 0.356 e. The summed E-state index contributed by atoms with van der Waals surface area (Å²) < 4.78 is 22.9. The van der Waals surface area contributed by atoms with Crippen LogP contribution in [0, 0.1) is 0 Å². The van der Waals surface area contributed by atoms with Gasteiger partial charge in [-0.15, -0.1) is 11.3 Å². The van der Waals surface area contributed by atoms with E-state index in [0.29, 0.717) is 16.6 Å². The molecular formula is C19H19N2O6PS. The van der Waals surface area contributed by atoms with Crippen LogP contribution in [-0.2, 0) is 4.57 Å². The van der Waals surface area contributed by atoms with Crippen LogP contribution in [0.2, 0.25) is 0 Å². The lowest BCUT2D eigenvalue weighted by molar-refractivity contribution is 0.101. The van der Waals surface area contributed by atoms with Crippen molar-refractivity contribution in [3.63, 3.8) is 0 Å². The Bertz CT molecular complexity index is 1030. The molecule has 1 amide bonds. The van der Waals surface area contributed by atoms with Gasteiger partial charge in [0.1, 0.15) is 22.8 Å². The molecule has 0 aliphatic carbocycles. The lowest BCUT2D eigenvalue weighted by Gasteiger charge is -2.17. The summed E-state index contributed by atoms with van der Waals surface area (Å²) >= 11 is 1.28. The molecule has 0 aliphatic heterocycles. The summed E-state index contributed by atoms with van der Waals surface area (Å²) in [7, 11) is -4.35. The number of aromatic nitrogens is 1. The van der Waals surface area contributed by atoms with E-state index in [9.17, 15) is 19.1 Å². The number of hydrogen-bond donors (Lipinski definition) is 3. The Balaban J connectivity index is 1.94. The summed E-state index contributed by atoms with van der Waals surface area (Å²) in [5.74, 6) is 0.449. The zero-order valence-corrected chi connectivity index (χ0v) is 17.3. The molecule has 3 N–H and O–H groups in total. The van der Waals surface area contributed by atoms with Gasteiger partial charge in [0.15, 0.2) is 5.13 Å². The summed E-state index contributed by atoms with van der Waals surface area (Å²) in [4.78, 5) is 35.4. The number of carbonyl (C=O) groups is 1. The third kappa shape index (κ3) is 5.42. The Morgan fingerprint density at radius 1 is 1.14 bits per heavy atom. The molecule has 2 aromatic carbocycles. The first-order valence-corrected chi connectivity index (χ1v) is 11.1. The Hall–Kier alpha value is -2.71. The van der Waals surface area contributed by atoms with Crippen molar-refractivity contribution in [2.24, 2.45) is 0 Å². The minimum absolute atomic E-state index is 0.122. The molecule has 3 rings (SSSR count). The van der Waals surface area contributed by atoms with Crippen molar-refractivity contribution in [1.82, 2.24) is 4.98 Å². The molecule has 152 valence electrons. The third-order valence-corrected chi connectivity index (χ3v) is 5.29. The van der Waals surface area contributed by atoms with E-state index in [0.717, 1.165) is 0 Å². The fraction of sp³-hybridized carbons (Fsp3) is 0.158. The molecular weight excluding hydrogens is 415 g/mol. The zero-order valence-electron chi connectivity index (χ0n) is 15.6. The number of carbonyl (C=O) groups excluding carboxylic acids is 1. The molecule has 0 unspecified atom stereocenters. The van der Waals surface area contributed by atoms with Gasteiger partial charge >= 0.3 is 7.60 Å². The Morgan fingerprint density at radius 3 is 2.41 bits per heavy atom. The Morgan fingerprint density at radius 2 is 1.83 bits per heavy atom. The molecule has 0 fully saturated rings. The van der Waals surface area contributed by atoms with E-state index in [4.69, 9.17) is 9.47 Å². The molecule has 0 saturated carbocycles. The highest BCUT2D eigenvalue weighted by molar-refractivity contribution is 7.60. The topological polar surface area (TPSA) is 118 Å². The average Bonchev–Trinajstić information content (AvgIpc) is 3.14. The number of nitrogens with zero attached hydrogens (tertiary/aromatic N) is 1. The minimum Gasteiger partial charge on any atom is -0.490 e. The largest absolute Gasteiger partial charge is 0.490 e. The van der Waals surface area contributed by atoms with Crippen molar-refractivity contribution in [3.8, 4) is 17.2 Å². The molecule has 0 bridgehead atoms. The molecule has 8 nitrogen and oxygen atoms in total. The van der Waals surface area contributed by atoms with Crippen LogP contribution in [0.5, 0.6) is 17.2 Å². The summed E-state index contributed by atoms with van der Waals surface area (Å²) in [6.07, 6.45) is 1.41. The second-order valence-corrected chi connectivity index (χ2v) is 8.73. The monoisotopic (exact) mass is 434 g/mol. The maximum absolute atomic E-state index is 12.9. The highest BCUT2D eigenvalue weighted by atomic mass is 32.1. The van der Waals surface area contributed by atoms with Gasteiger partial charge in [-0.2, -0.15) is 0 Å². The summed E-state index contributed by atoms with van der Waals surface area (Å²) in [5, 5.41) is 4.77. The quantitative estimate of drug-likeness (QED) is 0.484. The van der Waals surface area contributed by atoms with Crippen molar-refractivity contribution in [1.29, 1.82) is 0 Å². The predicted molar refractivity (Wildman–Crippen MR) is 110 cm³/mol. The maximum Gasteiger partial charge on any atom is 0.356 e. The Kier molecular flexibility index (Phi) is 6.34. The first-order valence-electron chi connectivity index (χ1n) is 8.58. The van der Waals surface area contributed by atoms with Gasteiger partial charge in [-0.25, -0.2) is 4.98 Å². The molecule has 1 heterocycles. The second kappa shape index (κ2) is 8.75. The maximum atomic E-state index is 12.9. The standard InChI is InChI=1S/C19H19N2O6PS/c1-12(2)26-15-4-3-5-16(17(15)18(22)21-19-20-10-11-29-19)27-13-6-8-14(9-7-13)28(23,24)25/h3-12H,1-2H3,(H,20,21,22)(H2,23,24,25). The number of amides is 1. The number of hydrogen-bond acceptors (Lipinski definition) is 6. The van der Waals surface area contributed by atoms with Crippen molar-refractivity contribution < 1.29 is 28.6 Å². The number of nitrogens with one attached hydrogen (secondary N) is 1.